The van der Waals surface area contributed by atoms with Crippen LogP contribution in [0, 0.1) is 0 Å². The molecule has 0 spiro atoms. The van der Waals surface area contributed by atoms with Crippen molar-refractivity contribution in [1.29, 1.82) is 0 Å². The molecule has 1 heteroatoms. The van der Waals surface area contributed by atoms with Gasteiger partial charge in [-0.15, -0.1) is 11.8 Å². The average Bonchev–Trinajstić information content (AvgIpc) is 2.83. The second-order valence-electron chi connectivity index (χ2n) is 5.36. The smallest absolute Gasteiger partial charge is 0.0539 e. The minimum atomic E-state index is 0.362. The van der Waals surface area contributed by atoms with Crippen molar-refractivity contribution in [3.05, 3.63) is 47.5 Å². The highest BCUT2D eigenvalue weighted by Crippen LogP contribution is 2.73. The second-order valence-corrected chi connectivity index (χ2v) is 7.29. The van der Waals surface area contributed by atoms with Crippen LogP contribution in [0.5, 0.6) is 0 Å². The first kappa shape index (κ1) is 9.12. The van der Waals surface area contributed by atoms with E-state index in [1.54, 1.807) is 5.56 Å². The Morgan fingerprint density at radius 3 is 2.62 bits per heavy atom. The molecule has 2 aromatic carbocycles. The molecule has 4 rings (SSSR count). The first-order chi connectivity index (χ1) is 7.64. The molecular weight excluding hydrogens is 212 g/mol. The summed E-state index contributed by atoms with van der Waals surface area (Å²) in [6.45, 7) is 4.81. The van der Waals surface area contributed by atoms with Gasteiger partial charge in [-0.05, 0) is 42.2 Å². The topological polar surface area (TPSA) is 0 Å². The van der Waals surface area contributed by atoms with E-state index < -0.39 is 0 Å². The van der Waals surface area contributed by atoms with Crippen LogP contribution in [-0.2, 0) is 11.2 Å². The van der Waals surface area contributed by atoms with E-state index in [0.717, 1.165) is 0 Å². The molecule has 0 saturated carbocycles. The zero-order valence-electron chi connectivity index (χ0n) is 9.58. The van der Waals surface area contributed by atoms with E-state index >= 15 is 0 Å². The van der Waals surface area contributed by atoms with Crippen LogP contribution in [0.4, 0.5) is 0 Å². The quantitative estimate of drug-likeness (QED) is 0.609. The van der Waals surface area contributed by atoms with Gasteiger partial charge in [-0.25, -0.2) is 0 Å². The number of hydrogen-bond donors (Lipinski definition) is 0. The van der Waals surface area contributed by atoms with Gasteiger partial charge in [-0.1, -0.05) is 36.4 Å². The maximum Gasteiger partial charge on any atom is 0.0539 e. The lowest BCUT2D eigenvalue weighted by atomic mass is 9.76. The minimum absolute atomic E-state index is 0.362. The third-order valence-corrected chi connectivity index (χ3v) is 6.31. The lowest BCUT2D eigenvalue weighted by Gasteiger charge is -2.25. The third kappa shape index (κ3) is 0.856. The molecule has 0 nitrogen and oxygen atoms in total. The molecule has 1 aliphatic carbocycles. The van der Waals surface area contributed by atoms with Crippen molar-refractivity contribution in [1.82, 2.24) is 0 Å². The van der Waals surface area contributed by atoms with Gasteiger partial charge in [0, 0.05) is 4.75 Å². The largest absolute Gasteiger partial charge is 0.140 e. The molecule has 0 amide bonds. The zero-order valence-corrected chi connectivity index (χ0v) is 10.4. The molecular formula is C15H14S. The number of benzene rings is 2. The SMILES string of the molecule is CC12Cc3cccc4cccc(c34)C1(C)S2. The summed E-state index contributed by atoms with van der Waals surface area (Å²) in [5, 5.41) is 2.93. The van der Waals surface area contributed by atoms with Crippen molar-refractivity contribution in [3.8, 4) is 0 Å². The van der Waals surface area contributed by atoms with Crippen molar-refractivity contribution >= 4 is 22.5 Å². The molecule has 2 atom stereocenters. The molecule has 1 heterocycles. The maximum absolute atomic E-state index is 2.41. The van der Waals surface area contributed by atoms with Crippen molar-refractivity contribution in [2.75, 3.05) is 0 Å². The van der Waals surface area contributed by atoms with Crippen LogP contribution in [0.25, 0.3) is 10.8 Å². The summed E-state index contributed by atoms with van der Waals surface area (Å²) >= 11 is 2.13. The summed E-state index contributed by atoms with van der Waals surface area (Å²) in [5.41, 5.74) is 3.09. The van der Waals surface area contributed by atoms with Crippen LogP contribution in [0.3, 0.4) is 0 Å². The first-order valence-corrected chi connectivity index (χ1v) is 6.67. The van der Waals surface area contributed by atoms with Crippen molar-refractivity contribution in [2.45, 2.75) is 29.8 Å². The lowest BCUT2D eigenvalue weighted by Crippen LogP contribution is -2.25. The van der Waals surface area contributed by atoms with E-state index in [1.807, 2.05) is 0 Å². The Kier molecular flexibility index (Phi) is 1.41. The molecule has 1 aliphatic heterocycles. The highest BCUT2D eigenvalue weighted by Gasteiger charge is 2.65. The minimum Gasteiger partial charge on any atom is -0.140 e. The van der Waals surface area contributed by atoms with E-state index in [0.29, 0.717) is 9.49 Å². The van der Waals surface area contributed by atoms with Crippen molar-refractivity contribution in [2.24, 2.45) is 0 Å². The van der Waals surface area contributed by atoms with Gasteiger partial charge in [0.2, 0.25) is 0 Å². The Hall–Kier alpha value is -0.950. The second kappa shape index (κ2) is 2.48. The van der Waals surface area contributed by atoms with E-state index in [2.05, 4.69) is 62.0 Å². The van der Waals surface area contributed by atoms with E-state index in [9.17, 15) is 0 Å². The molecule has 80 valence electrons. The molecule has 2 unspecified atom stereocenters. The highest BCUT2D eigenvalue weighted by atomic mass is 32.2. The summed E-state index contributed by atoms with van der Waals surface area (Å²) in [4.78, 5) is 0. The number of rotatable bonds is 0. The van der Waals surface area contributed by atoms with E-state index in [-0.39, 0.29) is 0 Å². The lowest BCUT2D eigenvalue weighted by molar-refractivity contribution is 0.578. The molecule has 1 saturated heterocycles. The molecule has 0 bridgehead atoms. The van der Waals surface area contributed by atoms with Gasteiger partial charge in [0.25, 0.3) is 0 Å². The number of fused-ring (bicyclic) bond motifs is 2. The van der Waals surface area contributed by atoms with Gasteiger partial charge in [0.1, 0.15) is 0 Å². The number of thioether (sulfide) groups is 1. The Balaban J connectivity index is 2.18. The van der Waals surface area contributed by atoms with Crippen molar-refractivity contribution < 1.29 is 0 Å². The molecule has 16 heavy (non-hydrogen) atoms. The summed E-state index contributed by atoms with van der Waals surface area (Å²) in [7, 11) is 0. The summed E-state index contributed by atoms with van der Waals surface area (Å²) in [5.74, 6) is 0. The van der Waals surface area contributed by atoms with E-state index in [1.165, 1.54) is 22.8 Å². The third-order valence-electron chi connectivity index (χ3n) is 4.43. The Bertz CT molecular complexity index is 611. The first-order valence-electron chi connectivity index (χ1n) is 5.85. The van der Waals surface area contributed by atoms with Crippen LogP contribution in [-0.4, -0.2) is 4.75 Å². The summed E-state index contributed by atoms with van der Waals surface area (Å²) in [6, 6.07) is 13.5. The average molecular weight is 226 g/mol. The number of hydrogen-bond acceptors (Lipinski definition) is 1. The predicted octanol–water partition coefficient (Wildman–Crippen LogP) is 4.12. The summed E-state index contributed by atoms with van der Waals surface area (Å²) in [6.07, 6.45) is 1.22. The molecule has 1 fully saturated rings. The maximum atomic E-state index is 2.41. The van der Waals surface area contributed by atoms with Crippen LogP contribution in [0.15, 0.2) is 36.4 Å². The molecule has 0 radical (unpaired) electrons. The molecule has 2 aliphatic rings. The predicted molar refractivity (Wildman–Crippen MR) is 71.0 cm³/mol. The van der Waals surface area contributed by atoms with Crippen molar-refractivity contribution in [3.63, 3.8) is 0 Å². The van der Waals surface area contributed by atoms with Crippen LogP contribution in [0.2, 0.25) is 0 Å². The Labute approximate surface area is 100 Å². The normalized spacial score (nSPS) is 34.9. The van der Waals surface area contributed by atoms with Gasteiger partial charge in [-0.2, -0.15) is 0 Å². The summed E-state index contributed by atoms with van der Waals surface area (Å²) < 4.78 is 0.802. The van der Waals surface area contributed by atoms with Gasteiger partial charge < -0.3 is 0 Å². The zero-order chi connectivity index (χ0) is 11.0. The van der Waals surface area contributed by atoms with E-state index in [4.69, 9.17) is 0 Å². The Morgan fingerprint density at radius 2 is 1.81 bits per heavy atom. The fourth-order valence-corrected chi connectivity index (χ4v) is 4.84. The highest BCUT2D eigenvalue weighted by molar-refractivity contribution is 8.09. The van der Waals surface area contributed by atoms with Gasteiger partial charge >= 0.3 is 0 Å². The van der Waals surface area contributed by atoms with Crippen LogP contribution < -0.4 is 0 Å². The fraction of sp³-hybridized carbons (Fsp3) is 0.333. The van der Waals surface area contributed by atoms with Gasteiger partial charge in [0.05, 0.1) is 4.75 Å². The standard InChI is InChI=1S/C15H14S/c1-14-9-11-7-3-5-10-6-4-8-12(13(10)11)15(14,2)16-14/h3-8H,9H2,1-2H3. The molecule has 0 aromatic heterocycles. The van der Waals surface area contributed by atoms with Gasteiger partial charge in [0.15, 0.2) is 0 Å². The Morgan fingerprint density at radius 1 is 1.06 bits per heavy atom. The fourth-order valence-electron chi connectivity index (χ4n) is 3.30. The monoisotopic (exact) mass is 226 g/mol. The molecule has 0 N–H and O–H groups in total. The molecule has 2 aromatic rings. The van der Waals surface area contributed by atoms with Gasteiger partial charge in [-0.3, -0.25) is 0 Å². The van der Waals surface area contributed by atoms with Crippen LogP contribution >= 0.6 is 11.8 Å². The van der Waals surface area contributed by atoms with Crippen LogP contribution in [0.1, 0.15) is 25.0 Å².